The van der Waals surface area contributed by atoms with E-state index in [0.717, 1.165) is 9.87 Å². The summed E-state index contributed by atoms with van der Waals surface area (Å²) in [4.78, 5) is 12.8. The fraction of sp³-hybridized carbons (Fsp3) is 0.381. The van der Waals surface area contributed by atoms with Crippen molar-refractivity contribution in [2.75, 3.05) is 37.2 Å². The highest BCUT2D eigenvalue weighted by molar-refractivity contribution is 7.92. The van der Waals surface area contributed by atoms with E-state index in [1.165, 1.54) is 42.7 Å². The molecule has 2 N–H and O–H groups in total. The summed E-state index contributed by atoms with van der Waals surface area (Å²) in [6.07, 6.45) is 1.17. The van der Waals surface area contributed by atoms with Gasteiger partial charge in [0.1, 0.15) is 0 Å². The van der Waals surface area contributed by atoms with E-state index in [4.69, 9.17) is 0 Å². The van der Waals surface area contributed by atoms with Gasteiger partial charge in [0.25, 0.3) is 20.2 Å². The molecular weight excluding hydrogens is 452 g/mol. The van der Waals surface area contributed by atoms with Gasteiger partial charge in [0.05, 0.1) is 10.8 Å². The third kappa shape index (κ3) is 5.66. The lowest BCUT2D eigenvalue weighted by molar-refractivity contribution is -0.120. The number of rotatable bonds is 7. The van der Waals surface area contributed by atoms with Crippen LogP contribution in [0.5, 0.6) is 0 Å². The predicted octanol–water partition coefficient (Wildman–Crippen LogP) is 2.25. The summed E-state index contributed by atoms with van der Waals surface area (Å²) < 4.78 is 54.8. The highest BCUT2D eigenvalue weighted by atomic mass is 32.2. The summed E-state index contributed by atoms with van der Waals surface area (Å²) in [7, 11) is -4.42. The van der Waals surface area contributed by atoms with Crippen LogP contribution in [0.4, 0.5) is 11.4 Å². The van der Waals surface area contributed by atoms with Crippen LogP contribution >= 0.6 is 0 Å². The average Bonchev–Trinajstić information content (AvgIpc) is 2.75. The molecule has 0 aliphatic carbocycles. The first-order valence-electron chi connectivity index (χ1n) is 10.2. The molecule has 11 heteroatoms. The highest BCUT2D eigenvalue weighted by Gasteiger charge is 2.33. The summed E-state index contributed by atoms with van der Waals surface area (Å²) in [5.74, 6) is -0.776. The molecule has 9 nitrogen and oxygen atoms in total. The summed E-state index contributed by atoms with van der Waals surface area (Å²) in [6, 6.07) is 12.8. The molecule has 0 saturated carbocycles. The molecule has 0 aromatic heterocycles. The molecule has 1 unspecified atom stereocenters. The number of hydrogen-bond donors (Lipinski definition) is 2. The molecule has 0 radical (unpaired) electrons. The van der Waals surface area contributed by atoms with Gasteiger partial charge in [0, 0.05) is 38.6 Å². The summed E-state index contributed by atoms with van der Waals surface area (Å²) in [5.41, 5.74) is 1.92. The SMILES string of the molecule is Cc1ccc(NS(=O)(=O)c2ccc(NC(=O)C3CCCN(S(=O)(=O)N(C)C)C3)cc2)cc1. The lowest BCUT2D eigenvalue weighted by Crippen LogP contribution is -2.47. The van der Waals surface area contributed by atoms with Gasteiger partial charge in [0.15, 0.2) is 0 Å². The van der Waals surface area contributed by atoms with Crippen LogP contribution in [0, 0.1) is 12.8 Å². The normalized spacial score (nSPS) is 17.8. The zero-order valence-corrected chi connectivity index (χ0v) is 19.9. The number of carbonyl (C=O) groups excluding carboxylic acids is 1. The molecule has 3 rings (SSSR count). The number of aryl methyl sites for hydroxylation is 1. The van der Waals surface area contributed by atoms with Crippen LogP contribution < -0.4 is 10.0 Å². The van der Waals surface area contributed by atoms with E-state index in [-0.39, 0.29) is 17.3 Å². The third-order valence-electron chi connectivity index (χ3n) is 5.28. The maximum absolute atomic E-state index is 12.7. The number of anilines is 2. The van der Waals surface area contributed by atoms with Crippen LogP contribution in [-0.4, -0.2) is 58.5 Å². The second-order valence-corrected chi connectivity index (χ2v) is 11.8. The predicted molar refractivity (Wildman–Crippen MR) is 124 cm³/mol. The number of amides is 1. The maximum atomic E-state index is 12.7. The number of carbonyl (C=O) groups is 1. The van der Waals surface area contributed by atoms with Gasteiger partial charge in [-0.2, -0.15) is 17.0 Å². The zero-order chi connectivity index (χ0) is 23.5. The van der Waals surface area contributed by atoms with Crippen molar-refractivity contribution in [1.29, 1.82) is 0 Å². The van der Waals surface area contributed by atoms with Gasteiger partial charge in [-0.05, 0) is 56.2 Å². The second kappa shape index (κ2) is 9.57. The Morgan fingerprint density at radius 3 is 2.16 bits per heavy atom. The largest absolute Gasteiger partial charge is 0.326 e. The molecule has 0 bridgehead atoms. The first-order chi connectivity index (χ1) is 15.0. The Morgan fingerprint density at radius 1 is 0.969 bits per heavy atom. The Balaban J connectivity index is 1.65. The van der Waals surface area contributed by atoms with E-state index in [9.17, 15) is 21.6 Å². The van der Waals surface area contributed by atoms with Crippen LogP contribution in [0.15, 0.2) is 53.4 Å². The molecule has 174 valence electrons. The third-order valence-corrected chi connectivity index (χ3v) is 8.58. The van der Waals surface area contributed by atoms with Gasteiger partial charge in [-0.3, -0.25) is 9.52 Å². The summed E-state index contributed by atoms with van der Waals surface area (Å²) in [6.45, 7) is 2.40. The van der Waals surface area contributed by atoms with Crippen molar-refractivity contribution in [3.05, 3.63) is 54.1 Å². The van der Waals surface area contributed by atoms with Crippen molar-refractivity contribution in [2.24, 2.45) is 5.92 Å². The molecular formula is C21H28N4O5S2. The minimum atomic E-state index is -3.76. The molecule has 1 aliphatic heterocycles. The minimum absolute atomic E-state index is 0.0667. The number of nitrogens with one attached hydrogen (secondary N) is 2. The van der Waals surface area contributed by atoms with E-state index < -0.39 is 26.2 Å². The maximum Gasteiger partial charge on any atom is 0.281 e. The molecule has 2 aromatic rings. The average molecular weight is 481 g/mol. The Bertz CT molecular complexity index is 1160. The topological polar surface area (TPSA) is 116 Å². The smallest absolute Gasteiger partial charge is 0.281 e. The molecule has 1 heterocycles. The number of hydrogen-bond acceptors (Lipinski definition) is 5. The lowest BCUT2D eigenvalue weighted by Gasteiger charge is -2.32. The van der Waals surface area contributed by atoms with Crippen molar-refractivity contribution < 1.29 is 21.6 Å². The molecule has 1 aliphatic rings. The standard InChI is InChI=1S/C21H28N4O5S2/c1-16-6-8-19(9-7-16)23-31(27,28)20-12-10-18(11-13-20)22-21(26)17-5-4-14-25(15-17)32(29,30)24(2)3/h6-13,17,23H,4-5,14-15H2,1-3H3,(H,22,26). The Labute approximate surface area is 189 Å². The molecule has 0 spiro atoms. The lowest BCUT2D eigenvalue weighted by atomic mass is 9.99. The van der Waals surface area contributed by atoms with Crippen LogP contribution in [0.3, 0.4) is 0 Å². The van der Waals surface area contributed by atoms with Crippen molar-refractivity contribution in [2.45, 2.75) is 24.7 Å². The van der Waals surface area contributed by atoms with Gasteiger partial charge in [-0.1, -0.05) is 17.7 Å². The zero-order valence-electron chi connectivity index (χ0n) is 18.3. The van der Waals surface area contributed by atoms with Crippen LogP contribution in [0.25, 0.3) is 0 Å². The van der Waals surface area contributed by atoms with E-state index in [1.807, 2.05) is 19.1 Å². The minimum Gasteiger partial charge on any atom is -0.326 e. The van der Waals surface area contributed by atoms with Crippen LogP contribution in [0.1, 0.15) is 18.4 Å². The van der Waals surface area contributed by atoms with Crippen molar-refractivity contribution in [3.8, 4) is 0 Å². The Hall–Kier alpha value is -2.47. The molecule has 1 fully saturated rings. The first kappa shape index (κ1) is 24.2. The molecule has 32 heavy (non-hydrogen) atoms. The molecule has 2 aromatic carbocycles. The number of nitrogens with zero attached hydrogens (tertiary/aromatic N) is 2. The van der Waals surface area contributed by atoms with Crippen molar-refractivity contribution in [1.82, 2.24) is 8.61 Å². The summed E-state index contributed by atoms with van der Waals surface area (Å²) in [5, 5.41) is 2.76. The number of benzene rings is 2. The van der Waals surface area contributed by atoms with E-state index >= 15 is 0 Å². The van der Waals surface area contributed by atoms with E-state index in [1.54, 1.807) is 12.1 Å². The molecule has 1 atom stereocenters. The highest BCUT2D eigenvalue weighted by Crippen LogP contribution is 2.23. The van der Waals surface area contributed by atoms with Gasteiger partial charge in [-0.25, -0.2) is 8.42 Å². The number of piperidine rings is 1. The first-order valence-corrected chi connectivity index (χ1v) is 13.0. The van der Waals surface area contributed by atoms with Gasteiger partial charge >= 0.3 is 0 Å². The quantitative estimate of drug-likeness (QED) is 0.631. The van der Waals surface area contributed by atoms with Crippen LogP contribution in [0.2, 0.25) is 0 Å². The summed E-state index contributed by atoms with van der Waals surface area (Å²) >= 11 is 0. The van der Waals surface area contributed by atoms with Crippen molar-refractivity contribution in [3.63, 3.8) is 0 Å². The van der Waals surface area contributed by atoms with Gasteiger partial charge in [0.2, 0.25) is 5.91 Å². The second-order valence-electron chi connectivity index (χ2n) is 7.97. The number of sulfonamides is 1. The van der Waals surface area contributed by atoms with Crippen LogP contribution in [-0.2, 0) is 25.0 Å². The van der Waals surface area contributed by atoms with Crippen molar-refractivity contribution >= 4 is 37.5 Å². The van der Waals surface area contributed by atoms with Gasteiger partial charge < -0.3 is 5.32 Å². The van der Waals surface area contributed by atoms with E-state index in [2.05, 4.69) is 10.0 Å². The molecule has 1 saturated heterocycles. The Kier molecular flexibility index (Phi) is 7.23. The monoisotopic (exact) mass is 480 g/mol. The molecule has 1 amide bonds. The van der Waals surface area contributed by atoms with Gasteiger partial charge in [-0.15, -0.1) is 0 Å². The van der Waals surface area contributed by atoms with E-state index in [0.29, 0.717) is 30.8 Å². The fourth-order valence-electron chi connectivity index (χ4n) is 3.39. The Morgan fingerprint density at radius 2 is 1.56 bits per heavy atom. The fourth-order valence-corrected chi connectivity index (χ4v) is 5.64.